The van der Waals surface area contributed by atoms with E-state index in [1.807, 2.05) is 12.1 Å². The molecule has 1 aromatic carbocycles. The summed E-state index contributed by atoms with van der Waals surface area (Å²) in [5, 5.41) is 11.0. The molecule has 0 spiro atoms. The van der Waals surface area contributed by atoms with Gasteiger partial charge in [0.15, 0.2) is 0 Å². The van der Waals surface area contributed by atoms with Crippen molar-refractivity contribution < 1.29 is 10.0 Å². The molecule has 2 nitrogen and oxygen atoms in total. The Morgan fingerprint density at radius 3 is 2.43 bits per heavy atom. The minimum Gasteiger partial charge on any atom is -0.385 e. The second-order valence-corrected chi connectivity index (χ2v) is 8.08. The van der Waals surface area contributed by atoms with E-state index in [9.17, 15) is 5.11 Å². The highest BCUT2D eigenvalue weighted by atomic mass is 79.9. The van der Waals surface area contributed by atoms with Crippen LogP contribution in [0.25, 0.3) is 0 Å². The van der Waals surface area contributed by atoms with E-state index < -0.39 is 5.60 Å². The largest absolute Gasteiger partial charge is 0.385 e. The molecule has 0 aromatic heterocycles. The summed E-state index contributed by atoms with van der Waals surface area (Å²) < 4.78 is 1.08. The Hall–Kier alpha value is -0.380. The summed E-state index contributed by atoms with van der Waals surface area (Å²) in [4.78, 5) is 1.74. The fourth-order valence-corrected chi connectivity index (χ4v) is 4.51. The molecular weight excluding hydrogens is 326 g/mol. The van der Waals surface area contributed by atoms with Gasteiger partial charge in [-0.15, -0.1) is 0 Å². The summed E-state index contributed by atoms with van der Waals surface area (Å²) in [5.74, 6) is 0.892. The minimum atomic E-state index is -0.607. The molecule has 2 fully saturated rings. The second kappa shape index (κ2) is 6.39. The highest BCUT2D eigenvalue weighted by Gasteiger charge is 2.39. The van der Waals surface area contributed by atoms with Gasteiger partial charge in [-0.1, -0.05) is 41.4 Å². The smallest absolute Gasteiger partial charge is 0.100 e. The maximum atomic E-state index is 11.0. The van der Waals surface area contributed by atoms with Crippen LogP contribution in [0.5, 0.6) is 0 Å². The summed E-state index contributed by atoms with van der Waals surface area (Å²) in [7, 11) is 0. The summed E-state index contributed by atoms with van der Waals surface area (Å²) in [6.45, 7) is 4.63. The molecule has 0 bridgehead atoms. The van der Waals surface area contributed by atoms with Crippen LogP contribution in [0.1, 0.15) is 51.0 Å². The summed E-state index contributed by atoms with van der Waals surface area (Å²) >= 11 is 3.47. The van der Waals surface area contributed by atoms with Gasteiger partial charge in [-0.3, -0.25) is 0 Å². The number of quaternary nitrogens is 1. The van der Waals surface area contributed by atoms with Gasteiger partial charge in [0.05, 0.1) is 19.1 Å². The molecule has 0 amide bonds. The monoisotopic (exact) mass is 352 g/mol. The molecule has 2 aliphatic rings. The van der Waals surface area contributed by atoms with Crippen molar-refractivity contribution in [2.24, 2.45) is 5.92 Å². The Kier molecular flexibility index (Phi) is 4.72. The van der Waals surface area contributed by atoms with Gasteiger partial charge in [-0.25, -0.2) is 0 Å². The Morgan fingerprint density at radius 1 is 1.14 bits per heavy atom. The number of benzene rings is 1. The van der Waals surface area contributed by atoms with E-state index in [2.05, 4.69) is 35.0 Å². The lowest BCUT2D eigenvalue weighted by atomic mass is 9.81. The number of likely N-dealkylation sites (tertiary alicyclic amines) is 1. The number of aliphatic hydroxyl groups is 1. The quantitative estimate of drug-likeness (QED) is 0.840. The fourth-order valence-electron chi connectivity index (χ4n) is 4.25. The third kappa shape index (κ3) is 3.52. The normalized spacial score (nSPS) is 37.4. The number of nitrogens with one attached hydrogen (secondary N) is 1. The lowest BCUT2D eigenvalue weighted by Crippen LogP contribution is -3.17. The molecule has 0 radical (unpaired) electrons. The van der Waals surface area contributed by atoms with Crippen LogP contribution in [0, 0.1) is 5.92 Å². The molecule has 1 heterocycles. The number of hydrogen-bond donors (Lipinski definition) is 2. The standard InChI is InChI=1S/C18H26BrNO/c1-14-3-2-4-17(13-14)20-11-9-18(21,10-12-20)15-5-7-16(19)8-6-15/h5-8,14,17,21H,2-4,9-13H2,1H3/p+1/t14-,17+/m1/s1. The van der Waals surface area contributed by atoms with Crippen LogP contribution in [0.15, 0.2) is 28.7 Å². The zero-order valence-electron chi connectivity index (χ0n) is 12.9. The van der Waals surface area contributed by atoms with Gasteiger partial charge in [0, 0.05) is 23.7 Å². The topological polar surface area (TPSA) is 24.7 Å². The van der Waals surface area contributed by atoms with E-state index >= 15 is 0 Å². The van der Waals surface area contributed by atoms with Crippen LogP contribution >= 0.6 is 15.9 Å². The van der Waals surface area contributed by atoms with E-state index in [-0.39, 0.29) is 0 Å². The van der Waals surface area contributed by atoms with E-state index in [0.717, 1.165) is 47.9 Å². The first kappa shape index (κ1) is 15.5. The summed E-state index contributed by atoms with van der Waals surface area (Å²) in [5.41, 5.74) is 0.478. The zero-order valence-corrected chi connectivity index (χ0v) is 14.5. The summed E-state index contributed by atoms with van der Waals surface area (Å²) in [6.07, 6.45) is 7.37. The van der Waals surface area contributed by atoms with Crippen molar-refractivity contribution in [3.05, 3.63) is 34.3 Å². The van der Waals surface area contributed by atoms with Gasteiger partial charge in [0.2, 0.25) is 0 Å². The minimum absolute atomic E-state index is 0.607. The lowest BCUT2D eigenvalue weighted by molar-refractivity contribution is -0.934. The Morgan fingerprint density at radius 2 is 1.81 bits per heavy atom. The van der Waals surface area contributed by atoms with Crippen molar-refractivity contribution in [1.29, 1.82) is 0 Å². The van der Waals surface area contributed by atoms with Crippen molar-refractivity contribution in [3.63, 3.8) is 0 Å². The maximum Gasteiger partial charge on any atom is 0.100 e. The zero-order chi connectivity index (χ0) is 14.9. The van der Waals surface area contributed by atoms with Gasteiger partial charge in [-0.05, 0) is 36.5 Å². The van der Waals surface area contributed by atoms with Crippen LogP contribution in [0.4, 0.5) is 0 Å². The van der Waals surface area contributed by atoms with Crippen molar-refractivity contribution in [2.75, 3.05) is 13.1 Å². The number of rotatable bonds is 2. The highest BCUT2D eigenvalue weighted by molar-refractivity contribution is 9.10. The van der Waals surface area contributed by atoms with E-state index in [0.29, 0.717) is 0 Å². The molecule has 3 rings (SSSR count). The lowest BCUT2D eigenvalue weighted by Gasteiger charge is -2.41. The van der Waals surface area contributed by atoms with Crippen LogP contribution in [0.2, 0.25) is 0 Å². The predicted octanol–water partition coefficient (Wildman–Crippen LogP) is 2.89. The van der Waals surface area contributed by atoms with Crippen LogP contribution in [0.3, 0.4) is 0 Å². The average molecular weight is 353 g/mol. The molecule has 1 aliphatic heterocycles. The number of hydrogen-bond acceptors (Lipinski definition) is 1. The number of piperidine rings is 1. The second-order valence-electron chi connectivity index (χ2n) is 7.17. The molecule has 2 N–H and O–H groups in total. The van der Waals surface area contributed by atoms with E-state index in [1.54, 1.807) is 4.90 Å². The molecule has 1 saturated carbocycles. The van der Waals surface area contributed by atoms with Gasteiger partial charge < -0.3 is 10.0 Å². The van der Waals surface area contributed by atoms with E-state index in [4.69, 9.17) is 0 Å². The Bertz CT molecular complexity index is 465. The van der Waals surface area contributed by atoms with Gasteiger partial charge in [-0.2, -0.15) is 0 Å². The van der Waals surface area contributed by atoms with Crippen molar-refractivity contribution >= 4 is 15.9 Å². The van der Waals surface area contributed by atoms with Crippen LogP contribution in [-0.2, 0) is 5.60 Å². The van der Waals surface area contributed by atoms with Crippen molar-refractivity contribution in [2.45, 2.75) is 57.1 Å². The summed E-state index contributed by atoms with van der Waals surface area (Å²) in [6, 6.07) is 9.04. The molecule has 116 valence electrons. The molecule has 3 heteroatoms. The van der Waals surface area contributed by atoms with Gasteiger partial charge >= 0.3 is 0 Å². The number of halogens is 1. The van der Waals surface area contributed by atoms with Gasteiger partial charge in [0.25, 0.3) is 0 Å². The Balaban J connectivity index is 1.62. The first-order valence-electron chi connectivity index (χ1n) is 8.40. The van der Waals surface area contributed by atoms with Crippen LogP contribution < -0.4 is 4.90 Å². The Labute approximate surface area is 136 Å². The first-order chi connectivity index (χ1) is 10.1. The first-order valence-corrected chi connectivity index (χ1v) is 9.19. The van der Waals surface area contributed by atoms with Crippen molar-refractivity contribution in [3.8, 4) is 0 Å². The van der Waals surface area contributed by atoms with Crippen molar-refractivity contribution in [1.82, 2.24) is 0 Å². The van der Waals surface area contributed by atoms with Gasteiger partial charge in [0.1, 0.15) is 5.60 Å². The third-order valence-electron chi connectivity index (χ3n) is 5.61. The fraction of sp³-hybridized carbons (Fsp3) is 0.667. The molecule has 1 aliphatic carbocycles. The maximum absolute atomic E-state index is 11.0. The molecular formula is C18H27BrNO+. The molecule has 0 unspecified atom stereocenters. The SMILES string of the molecule is C[C@@H]1CCC[C@H]([NH+]2CCC(O)(c3ccc(Br)cc3)CC2)C1. The predicted molar refractivity (Wildman–Crippen MR) is 89.4 cm³/mol. The molecule has 1 aromatic rings. The molecule has 21 heavy (non-hydrogen) atoms. The van der Waals surface area contributed by atoms with Crippen LogP contribution in [-0.4, -0.2) is 24.2 Å². The highest BCUT2D eigenvalue weighted by Crippen LogP contribution is 2.31. The van der Waals surface area contributed by atoms with E-state index in [1.165, 1.54) is 25.7 Å². The average Bonchev–Trinajstić information content (AvgIpc) is 2.48. The third-order valence-corrected chi connectivity index (χ3v) is 6.14. The molecule has 2 atom stereocenters. The molecule has 1 saturated heterocycles.